The molecule has 150 valence electrons. The number of aryl methyl sites for hydroxylation is 1. The van der Waals surface area contributed by atoms with Crippen LogP contribution in [0.2, 0.25) is 0 Å². The molecule has 2 aromatic carbocycles. The molecule has 1 heterocycles. The van der Waals surface area contributed by atoms with Crippen LogP contribution in [0.1, 0.15) is 28.5 Å². The standard InChI is InChI=1S/C22H23N3O4/c1-14(21(26)25-28)12-23-22(27)16-7-9-18(10-8-16)29-13-17-11-15(2)24-20-6-4-3-5-19(17)20/h3-11,14,28H,12-13H2,1-2H3,(H,23,27)(H,25,26). The number of nitrogens with one attached hydrogen (secondary N) is 2. The van der Waals surface area contributed by atoms with Crippen molar-refractivity contribution in [3.05, 3.63) is 71.4 Å². The topological polar surface area (TPSA) is 101 Å². The summed E-state index contributed by atoms with van der Waals surface area (Å²) in [5.74, 6) is -0.740. The summed E-state index contributed by atoms with van der Waals surface area (Å²) in [5.41, 5.74) is 4.93. The Morgan fingerprint density at radius 3 is 2.59 bits per heavy atom. The molecule has 1 unspecified atom stereocenters. The van der Waals surface area contributed by atoms with Gasteiger partial charge in [-0.2, -0.15) is 0 Å². The number of benzene rings is 2. The highest BCUT2D eigenvalue weighted by molar-refractivity contribution is 5.94. The molecule has 0 fully saturated rings. The van der Waals surface area contributed by atoms with Crippen LogP contribution in [0.15, 0.2) is 54.6 Å². The average Bonchev–Trinajstić information content (AvgIpc) is 2.75. The van der Waals surface area contributed by atoms with Crippen molar-refractivity contribution in [1.29, 1.82) is 0 Å². The molecule has 1 atom stereocenters. The number of aromatic nitrogens is 1. The number of amides is 2. The maximum absolute atomic E-state index is 12.2. The number of hydrogen-bond acceptors (Lipinski definition) is 5. The Hall–Kier alpha value is -3.45. The van der Waals surface area contributed by atoms with Crippen molar-refractivity contribution in [3.63, 3.8) is 0 Å². The minimum absolute atomic E-state index is 0.123. The number of ether oxygens (including phenoxy) is 1. The summed E-state index contributed by atoms with van der Waals surface area (Å²) in [4.78, 5) is 28.0. The first-order chi connectivity index (χ1) is 14.0. The van der Waals surface area contributed by atoms with E-state index in [0.717, 1.165) is 22.2 Å². The van der Waals surface area contributed by atoms with Crippen molar-refractivity contribution in [2.75, 3.05) is 6.54 Å². The molecule has 0 spiro atoms. The maximum atomic E-state index is 12.2. The summed E-state index contributed by atoms with van der Waals surface area (Å²) in [6.45, 7) is 4.07. The van der Waals surface area contributed by atoms with Crippen LogP contribution >= 0.6 is 0 Å². The molecule has 0 aliphatic heterocycles. The van der Waals surface area contributed by atoms with E-state index < -0.39 is 11.8 Å². The summed E-state index contributed by atoms with van der Waals surface area (Å²) in [6.07, 6.45) is 0. The second-order valence-corrected chi connectivity index (χ2v) is 6.84. The quantitative estimate of drug-likeness (QED) is 0.423. The number of hydroxylamine groups is 1. The number of hydrogen-bond donors (Lipinski definition) is 3. The van der Waals surface area contributed by atoms with E-state index in [4.69, 9.17) is 9.94 Å². The number of fused-ring (bicyclic) bond motifs is 1. The van der Waals surface area contributed by atoms with E-state index in [-0.39, 0.29) is 12.5 Å². The Morgan fingerprint density at radius 2 is 1.86 bits per heavy atom. The highest BCUT2D eigenvalue weighted by Gasteiger charge is 2.14. The van der Waals surface area contributed by atoms with Crippen LogP contribution in [0.5, 0.6) is 5.75 Å². The van der Waals surface area contributed by atoms with Gasteiger partial charge in [0, 0.05) is 28.8 Å². The fourth-order valence-corrected chi connectivity index (χ4v) is 2.93. The summed E-state index contributed by atoms with van der Waals surface area (Å²) in [7, 11) is 0. The molecule has 1 aromatic heterocycles. The number of carbonyl (C=O) groups excluding carboxylic acids is 2. The molecule has 2 amide bonds. The molecule has 0 radical (unpaired) electrons. The lowest BCUT2D eigenvalue weighted by molar-refractivity contribution is -0.132. The molecule has 3 aromatic rings. The summed E-state index contributed by atoms with van der Waals surface area (Å²) < 4.78 is 5.89. The van der Waals surface area contributed by atoms with E-state index in [2.05, 4.69) is 10.3 Å². The first kappa shape index (κ1) is 20.3. The number of carbonyl (C=O) groups is 2. The van der Waals surface area contributed by atoms with Crippen LogP contribution in [-0.4, -0.2) is 28.6 Å². The van der Waals surface area contributed by atoms with Gasteiger partial charge in [0.15, 0.2) is 0 Å². The van der Waals surface area contributed by atoms with Gasteiger partial charge in [0.25, 0.3) is 5.91 Å². The molecule has 0 aliphatic carbocycles. The summed E-state index contributed by atoms with van der Waals surface area (Å²) >= 11 is 0. The Kier molecular flexibility index (Phi) is 6.41. The van der Waals surface area contributed by atoms with Crippen LogP contribution in [-0.2, 0) is 11.4 Å². The van der Waals surface area contributed by atoms with Gasteiger partial charge in [0.1, 0.15) is 12.4 Å². The molecule has 7 heteroatoms. The zero-order valence-electron chi connectivity index (χ0n) is 16.3. The second-order valence-electron chi connectivity index (χ2n) is 6.84. The van der Waals surface area contributed by atoms with Crippen LogP contribution in [0.3, 0.4) is 0 Å². The predicted molar refractivity (Wildman–Crippen MR) is 109 cm³/mol. The monoisotopic (exact) mass is 393 g/mol. The lowest BCUT2D eigenvalue weighted by atomic mass is 10.1. The molecule has 3 rings (SSSR count). The SMILES string of the molecule is Cc1cc(COc2ccc(C(=O)NCC(C)C(=O)NO)cc2)c2ccccc2n1. The van der Waals surface area contributed by atoms with Crippen LogP contribution in [0, 0.1) is 12.8 Å². The van der Waals surface area contributed by atoms with Gasteiger partial charge in [-0.3, -0.25) is 19.8 Å². The predicted octanol–water partition coefficient (Wildman–Crippen LogP) is 2.99. The lowest BCUT2D eigenvalue weighted by Gasteiger charge is -2.12. The molecule has 29 heavy (non-hydrogen) atoms. The Morgan fingerprint density at radius 1 is 1.14 bits per heavy atom. The third-order valence-electron chi connectivity index (χ3n) is 4.57. The van der Waals surface area contributed by atoms with Crippen molar-refractivity contribution in [2.45, 2.75) is 20.5 Å². The first-order valence-electron chi connectivity index (χ1n) is 9.28. The van der Waals surface area contributed by atoms with E-state index >= 15 is 0 Å². The average molecular weight is 393 g/mol. The number of rotatable bonds is 7. The highest BCUT2D eigenvalue weighted by Crippen LogP contribution is 2.21. The van der Waals surface area contributed by atoms with E-state index in [9.17, 15) is 9.59 Å². The van der Waals surface area contributed by atoms with Gasteiger partial charge >= 0.3 is 0 Å². The lowest BCUT2D eigenvalue weighted by Crippen LogP contribution is -2.36. The number of pyridine rings is 1. The summed E-state index contributed by atoms with van der Waals surface area (Å²) in [6, 6.07) is 16.7. The van der Waals surface area contributed by atoms with E-state index in [1.807, 2.05) is 37.3 Å². The fourth-order valence-electron chi connectivity index (χ4n) is 2.93. The van der Waals surface area contributed by atoms with Crippen LogP contribution < -0.4 is 15.5 Å². The molecule has 0 saturated heterocycles. The fraction of sp³-hybridized carbons (Fsp3) is 0.227. The third kappa shape index (κ3) is 5.08. The number of nitrogens with zero attached hydrogens (tertiary/aromatic N) is 1. The highest BCUT2D eigenvalue weighted by atomic mass is 16.5. The third-order valence-corrected chi connectivity index (χ3v) is 4.57. The minimum Gasteiger partial charge on any atom is -0.489 e. The maximum Gasteiger partial charge on any atom is 0.251 e. The van der Waals surface area contributed by atoms with Crippen LogP contribution in [0.25, 0.3) is 10.9 Å². The zero-order valence-corrected chi connectivity index (χ0v) is 16.3. The molecule has 7 nitrogen and oxygen atoms in total. The molecule has 0 aliphatic rings. The minimum atomic E-state index is -0.548. The smallest absolute Gasteiger partial charge is 0.251 e. The molecule has 0 bridgehead atoms. The van der Waals surface area contributed by atoms with Crippen LogP contribution in [0.4, 0.5) is 0 Å². The first-order valence-corrected chi connectivity index (χ1v) is 9.28. The van der Waals surface area contributed by atoms with Crippen molar-refractivity contribution in [3.8, 4) is 5.75 Å². The van der Waals surface area contributed by atoms with Crippen molar-refractivity contribution in [1.82, 2.24) is 15.8 Å². The normalized spacial score (nSPS) is 11.7. The van der Waals surface area contributed by atoms with Gasteiger partial charge in [-0.05, 0) is 43.3 Å². The van der Waals surface area contributed by atoms with E-state index in [0.29, 0.717) is 17.9 Å². The van der Waals surface area contributed by atoms with E-state index in [1.54, 1.807) is 36.7 Å². The second kappa shape index (κ2) is 9.16. The Labute approximate surface area is 168 Å². The van der Waals surface area contributed by atoms with Crippen molar-refractivity contribution < 1.29 is 19.5 Å². The Balaban J connectivity index is 1.61. The van der Waals surface area contributed by atoms with Crippen molar-refractivity contribution >= 4 is 22.7 Å². The zero-order chi connectivity index (χ0) is 20.8. The van der Waals surface area contributed by atoms with Gasteiger partial charge in [-0.25, -0.2) is 5.48 Å². The largest absolute Gasteiger partial charge is 0.489 e. The van der Waals surface area contributed by atoms with Crippen molar-refractivity contribution in [2.24, 2.45) is 5.92 Å². The Bertz CT molecular complexity index is 1020. The van der Waals surface area contributed by atoms with E-state index in [1.165, 1.54) is 0 Å². The molecule has 3 N–H and O–H groups in total. The van der Waals surface area contributed by atoms with Gasteiger partial charge < -0.3 is 10.1 Å². The molecular weight excluding hydrogens is 370 g/mol. The van der Waals surface area contributed by atoms with Gasteiger partial charge in [0.05, 0.1) is 11.4 Å². The van der Waals surface area contributed by atoms with Gasteiger partial charge in [0.2, 0.25) is 5.91 Å². The van der Waals surface area contributed by atoms with Gasteiger partial charge in [-0.15, -0.1) is 0 Å². The molecular formula is C22H23N3O4. The summed E-state index contributed by atoms with van der Waals surface area (Å²) in [5, 5.41) is 12.3. The number of para-hydroxylation sites is 1. The molecule has 0 saturated carbocycles. The van der Waals surface area contributed by atoms with Gasteiger partial charge in [-0.1, -0.05) is 25.1 Å².